The Morgan fingerprint density at radius 3 is 2.71 bits per heavy atom. The van der Waals surface area contributed by atoms with Crippen molar-refractivity contribution in [3.8, 4) is 23.1 Å². The molecule has 2 aromatic heterocycles. The zero-order chi connectivity index (χ0) is 24.4. The summed E-state index contributed by atoms with van der Waals surface area (Å²) in [5.74, 6) is -0.761. The average Bonchev–Trinajstić information content (AvgIpc) is 3.54. The highest BCUT2D eigenvalue weighted by atomic mass is 19.1. The van der Waals surface area contributed by atoms with Crippen molar-refractivity contribution in [2.24, 2.45) is 0 Å². The quantitative estimate of drug-likeness (QED) is 0.334. The molecule has 1 aliphatic rings. The second-order valence-corrected chi connectivity index (χ2v) is 8.38. The van der Waals surface area contributed by atoms with Crippen molar-refractivity contribution in [1.82, 2.24) is 19.9 Å². The molecule has 2 N–H and O–H groups in total. The van der Waals surface area contributed by atoms with Gasteiger partial charge >= 0.3 is 5.97 Å². The third kappa shape index (κ3) is 4.69. The maximum atomic E-state index is 15.1. The number of hydrogen-bond acceptors (Lipinski definition) is 7. The number of carboxylic acid groups (broad SMARTS) is 1. The van der Waals surface area contributed by atoms with Crippen LogP contribution in [-0.2, 0) is 0 Å². The number of ether oxygens (including phenoxy) is 3. The van der Waals surface area contributed by atoms with E-state index < -0.39 is 11.8 Å². The van der Waals surface area contributed by atoms with Gasteiger partial charge in [-0.15, -0.1) is 0 Å². The number of carbonyl (C=O) groups is 1. The maximum absolute atomic E-state index is 15.1. The molecular formula is C25H25FN4O5. The Hall–Kier alpha value is -3.92. The minimum Gasteiger partial charge on any atom is -0.493 e. The van der Waals surface area contributed by atoms with Gasteiger partial charge in [0, 0.05) is 23.5 Å². The van der Waals surface area contributed by atoms with Gasteiger partial charge in [-0.2, -0.15) is 0 Å². The normalized spacial score (nSPS) is 14.0. The number of nitrogens with zero attached hydrogens (tertiary/aromatic N) is 3. The third-order valence-corrected chi connectivity index (χ3v) is 6.10. The van der Waals surface area contributed by atoms with Crippen molar-refractivity contribution >= 4 is 27.8 Å². The Morgan fingerprint density at radius 1 is 1.11 bits per heavy atom. The standard InChI is InChI=1S/C25H25FN4O5/c1-33-21-12-16-18(13-22(21)34-10-4-9-30-7-2-3-8-30)27-14-28-24(16)35-20-6-5-17-15(23(20)26)11-19(29-17)25(31)32/h5-6,11-14,29H,2-4,7-10H2,1H3,(H,31,32). The second kappa shape index (κ2) is 9.75. The van der Waals surface area contributed by atoms with Gasteiger partial charge in [0.2, 0.25) is 5.88 Å². The predicted molar refractivity (Wildman–Crippen MR) is 127 cm³/mol. The molecule has 0 bridgehead atoms. The van der Waals surface area contributed by atoms with Crippen LogP contribution in [0.1, 0.15) is 29.8 Å². The molecule has 4 aromatic rings. The van der Waals surface area contributed by atoms with Crippen LogP contribution in [0.4, 0.5) is 4.39 Å². The number of H-pyrrole nitrogens is 1. The third-order valence-electron chi connectivity index (χ3n) is 6.10. The summed E-state index contributed by atoms with van der Waals surface area (Å²) in [6.45, 7) is 3.85. The Kier molecular flexibility index (Phi) is 6.37. The first-order valence-corrected chi connectivity index (χ1v) is 11.4. The predicted octanol–water partition coefficient (Wildman–Crippen LogP) is 4.61. The zero-order valence-electron chi connectivity index (χ0n) is 19.2. The Morgan fingerprint density at radius 2 is 1.94 bits per heavy atom. The van der Waals surface area contributed by atoms with Crippen molar-refractivity contribution in [2.75, 3.05) is 33.4 Å². The van der Waals surface area contributed by atoms with E-state index in [9.17, 15) is 4.79 Å². The van der Waals surface area contributed by atoms with E-state index in [0.29, 0.717) is 34.5 Å². The molecule has 0 amide bonds. The number of aromatic nitrogens is 3. The van der Waals surface area contributed by atoms with Crippen LogP contribution in [0.2, 0.25) is 0 Å². The summed E-state index contributed by atoms with van der Waals surface area (Å²) in [6, 6.07) is 7.66. The first-order valence-electron chi connectivity index (χ1n) is 11.4. The second-order valence-electron chi connectivity index (χ2n) is 8.38. The molecule has 3 heterocycles. The average molecular weight is 480 g/mol. The number of hydrogen-bond donors (Lipinski definition) is 2. The van der Waals surface area contributed by atoms with Crippen LogP contribution in [0, 0.1) is 5.82 Å². The summed E-state index contributed by atoms with van der Waals surface area (Å²) >= 11 is 0. The first-order chi connectivity index (χ1) is 17.0. The van der Waals surface area contributed by atoms with Crippen molar-refractivity contribution in [3.63, 3.8) is 0 Å². The molecule has 2 aromatic carbocycles. The minimum absolute atomic E-state index is 0.0883. The number of likely N-dealkylation sites (tertiary alicyclic amines) is 1. The summed E-state index contributed by atoms with van der Waals surface area (Å²) in [7, 11) is 1.54. The van der Waals surface area contributed by atoms with Gasteiger partial charge in [-0.1, -0.05) is 0 Å². The number of aromatic amines is 1. The molecule has 0 radical (unpaired) electrons. The number of aromatic carboxylic acids is 1. The van der Waals surface area contributed by atoms with Gasteiger partial charge in [0.25, 0.3) is 0 Å². The number of nitrogens with one attached hydrogen (secondary N) is 1. The van der Waals surface area contributed by atoms with E-state index in [0.717, 1.165) is 26.1 Å². The number of halogens is 1. The van der Waals surface area contributed by atoms with E-state index in [2.05, 4.69) is 19.9 Å². The number of rotatable bonds is 9. The highest BCUT2D eigenvalue weighted by Crippen LogP contribution is 2.37. The van der Waals surface area contributed by atoms with Gasteiger partial charge in [0.1, 0.15) is 12.0 Å². The monoisotopic (exact) mass is 480 g/mol. The molecule has 35 heavy (non-hydrogen) atoms. The van der Waals surface area contributed by atoms with Crippen LogP contribution in [0.25, 0.3) is 21.8 Å². The smallest absolute Gasteiger partial charge is 0.352 e. The molecule has 182 valence electrons. The van der Waals surface area contributed by atoms with Crippen LogP contribution < -0.4 is 14.2 Å². The molecule has 9 nitrogen and oxygen atoms in total. The van der Waals surface area contributed by atoms with Crippen molar-refractivity contribution < 1.29 is 28.5 Å². The molecule has 0 saturated carbocycles. The Balaban J connectivity index is 1.39. The molecule has 1 aliphatic heterocycles. The molecule has 1 saturated heterocycles. The van der Waals surface area contributed by atoms with E-state index in [-0.39, 0.29) is 22.7 Å². The molecule has 10 heteroatoms. The van der Waals surface area contributed by atoms with Gasteiger partial charge in [0.15, 0.2) is 23.1 Å². The summed E-state index contributed by atoms with van der Waals surface area (Å²) in [5, 5.41) is 9.80. The highest BCUT2D eigenvalue weighted by molar-refractivity contribution is 5.94. The minimum atomic E-state index is -1.17. The lowest BCUT2D eigenvalue weighted by Crippen LogP contribution is -2.21. The van der Waals surface area contributed by atoms with Gasteiger partial charge in [-0.3, -0.25) is 0 Å². The molecule has 0 aliphatic carbocycles. The van der Waals surface area contributed by atoms with Gasteiger partial charge < -0.3 is 29.2 Å². The summed E-state index contributed by atoms with van der Waals surface area (Å²) in [6.07, 6.45) is 4.76. The van der Waals surface area contributed by atoms with E-state index in [1.54, 1.807) is 25.3 Å². The molecule has 1 fully saturated rings. The maximum Gasteiger partial charge on any atom is 0.352 e. The van der Waals surface area contributed by atoms with E-state index in [1.165, 1.54) is 31.3 Å². The summed E-state index contributed by atoms with van der Waals surface area (Å²) < 4.78 is 32.4. The molecule has 0 unspecified atom stereocenters. The van der Waals surface area contributed by atoms with Crippen molar-refractivity contribution in [1.29, 1.82) is 0 Å². The number of benzene rings is 2. The van der Waals surface area contributed by atoms with Crippen molar-refractivity contribution in [3.05, 3.63) is 48.2 Å². The fourth-order valence-electron chi connectivity index (χ4n) is 4.32. The van der Waals surface area contributed by atoms with E-state index in [4.69, 9.17) is 19.3 Å². The lowest BCUT2D eigenvalue weighted by Gasteiger charge is -2.16. The van der Waals surface area contributed by atoms with E-state index >= 15 is 4.39 Å². The summed E-state index contributed by atoms with van der Waals surface area (Å²) in [4.78, 5) is 24.8. The summed E-state index contributed by atoms with van der Waals surface area (Å²) in [5.41, 5.74) is 0.802. The zero-order valence-corrected chi connectivity index (χ0v) is 19.2. The van der Waals surface area contributed by atoms with Gasteiger partial charge in [-0.05, 0) is 56.6 Å². The van der Waals surface area contributed by atoms with Gasteiger partial charge in [-0.25, -0.2) is 19.2 Å². The van der Waals surface area contributed by atoms with Crippen LogP contribution in [-0.4, -0.2) is 64.3 Å². The van der Waals surface area contributed by atoms with Crippen LogP contribution in [0.15, 0.2) is 36.7 Å². The van der Waals surface area contributed by atoms with E-state index in [1.807, 2.05) is 0 Å². The molecule has 0 spiro atoms. The molecular weight excluding hydrogens is 455 g/mol. The largest absolute Gasteiger partial charge is 0.493 e. The lowest BCUT2D eigenvalue weighted by molar-refractivity contribution is 0.0691. The van der Waals surface area contributed by atoms with Crippen LogP contribution in [0.5, 0.6) is 23.1 Å². The number of carboxylic acids is 1. The topological polar surface area (TPSA) is 110 Å². The lowest BCUT2D eigenvalue weighted by atomic mass is 10.2. The number of methoxy groups -OCH3 is 1. The Labute approximate surface area is 200 Å². The fraction of sp³-hybridized carbons (Fsp3) is 0.320. The molecule has 5 rings (SSSR count). The number of fused-ring (bicyclic) bond motifs is 2. The first kappa shape index (κ1) is 22.9. The highest BCUT2D eigenvalue weighted by Gasteiger charge is 2.18. The Bertz CT molecular complexity index is 1380. The van der Waals surface area contributed by atoms with Gasteiger partial charge in [0.05, 0.1) is 24.6 Å². The fourth-order valence-corrected chi connectivity index (χ4v) is 4.32. The van der Waals surface area contributed by atoms with Crippen molar-refractivity contribution in [2.45, 2.75) is 19.3 Å². The SMILES string of the molecule is COc1cc2c(Oc3ccc4[nH]c(C(=O)O)cc4c3F)ncnc2cc1OCCCN1CCCC1. The molecule has 0 atom stereocenters. The van der Waals surface area contributed by atoms with Crippen LogP contribution >= 0.6 is 0 Å². The van der Waals surface area contributed by atoms with Crippen LogP contribution in [0.3, 0.4) is 0 Å².